The SMILES string of the molecule is O=C1S/C(=C\c2ccccc2OCc2ccc(Cl)cc2)C(=O)N1c1ccc(Cl)c(Cl)c1. The first-order valence-corrected chi connectivity index (χ1v) is 11.1. The maximum absolute atomic E-state index is 12.9. The molecule has 0 unspecified atom stereocenters. The molecule has 0 spiro atoms. The topological polar surface area (TPSA) is 46.6 Å². The molecule has 3 aromatic carbocycles. The fourth-order valence-electron chi connectivity index (χ4n) is 2.93. The van der Waals surface area contributed by atoms with E-state index in [4.69, 9.17) is 39.5 Å². The molecule has 4 nitrogen and oxygen atoms in total. The molecule has 4 rings (SSSR count). The highest BCUT2D eigenvalue weighted by Gasteiger charge is 2.36. The van der Waals surface area contributed by atoms with Crippen LogP contribution < -0.4 is 9.64 Å². The molecule has 3 aromatic rings. The van der Waals surface area contributed by atoms with Crippen molar-refractivity contribution >= 4 is 69.5 Å². The number of hydrogen-bond acceptors (Lipinski definition) is 4. The molecule has 8 heteroatoms. The smallest absolute Gasteiger partial charge is 0.298 e. The lowest BCUT2D eigenvalue weighted by Gasteiger charge is -2.13. The Morgan fingerprint density at radius 1 is 0.903 bits per heavy atom. The molecule has 1 aliphatic heterocycles. The van der Waals surface area contributed by atoms with Crippen LogP contribution in [0.25, 0.3) is 6.08 Å². The Kier molecular flexibility index (Phi) is 6.58. The van der Waals surface area contributed by atoms with Crippen molar-refractivity contribution in [1.29, 1.82) is 0 Å². The molecule has 0 radical (unpaired) electrons. The number of halogens is 3. The lowest BCUT2D eigenvalue weighted by atomic mass is 10.1. The summed E-state index contributed by atoms with van der Waals surface area (Å²) in [6.45, 7) is 0.340. The van der Waals surface area contributed by atoms with Crippen molar-refractivity contribution in [2.45, 2.75) is 6.61 Å². The highest BCUT2D eigenvalue weighted by Crippen LogP contribution is 2.38. The third-order valence-electron chi connectivity index (χ3n) is 4.47. The molecule has 0 aliphatic carbocycles. The van der Waals surface area contributed by atoms with Gasteiger partial charge in [0.25, 0.3) is 11.1 Å². The maximum Gasteiger partial charge on any atom is 0.298 e. The maximum atomic E-state index is 12.9. The second kappa shape index (κ2) is 9.37. The van der Waals surface area contributed by atoms with Crippen LogP contribution in [0.1, 0.15) is 11.1 Å². The minimum absolute atomic E-state index is 0.267. The van der Waals surface area contributed by atoms with Crippen LogP contribution in [0.15, 0.2) is 71.6 Å². The number of anilines is 1. The Morgan fingerprint density at radius 2 is 1.65 bits per heavy atom. The Labute approximate surface area is 198 Å². The molecule has 0 bridgehead atoms. The van der Waals surface area contributed by atoms with Gasteiger partial charge in [-0.3, -0.25) is 9.59 Å². The zero-order valence-electron chi connectivity index (χ0n) is 15.8. The molecule has 2 amide bonds. The summed E-state index contributed by atoms with van der Waals surface area (Å²) in [5.41, 5.74) is 2.02. The highest BCUT2D eigenvalue weighted by molar-refractivity contribution is 8.19. The van der Waals surface area contributed by atoms with E-state index in [9.17, 15) is 9.59 Å². The van der Waals surface area contributed by atoms with Gasteiger partial charge in [-0.1, -0.05) is 65.1 Å². The third kappa shape index (κ3) is 4.91. The number of imide groups is 1. The van der Waals surface area contributed by atoms with Gasteiger partial charge < -0.3 is 4.74 Å². The number of carbonyl (C=O) groups is 2. The summed E-state index contributed by atoms with van der Waals surface area (Å²) >= 11 is 18.8. The fourth-order valence-corrected chi connectivity index (χ4v) is 4.18. The summed E-state index contributed by atoms with van der Waals surface area (Å²) in [5.74, 6) is 0.166. The second-order valence-corrected chi connectivity index (χ2v) is 8.81. The summed E-state index contributed by atoms with van der Waals surface area (Å²) < 4.78 is 5.94. The number of nitrogens with zero attached hydrogens (tertiary/aromatic N) is 1. The molecule has 0 saturated carbocycles. The summed E-state index contributed by atoms with van der Waals surface area (Å²) in [6.07, 6.45) is 1.65. The Morgan fingerprint density at radius 3 is 2.39 bits per heavy atom. The van der Waals surface area contributed by atoms with Crippen LogP contribution in [0.3, 0.4) is 0 Å². The number of amides is 2. The molecular formula is C23H14Cl3NO3S. The predicted octanol–water partition coefficient (Wildman–Crippen LogP) is 7.47. The van der Waals surface area contributed by atoms with Crippen molar-refractivity contribution in [2.75, 3.05) is 4.90 Å². The van der Waals surface area contributed by atoms with E-state index in [1.165, 1.54) is 6.07 Å². The Balaban J connectivity index is 1.57. The van der Waals surface area contributed by atoms with Crippen LogP contribution in [0, 0.1) is 0 Å². The second-order valence-electron chi connectivity index (χ2n) is 6.57. The van der Waals surface area contributed by atoms with Crippen molar-refractivity contribution in [3.05, 3.63) is 97.8 Å². The summed E-state index contributed by atoms with van der Waals surface area (Å²) in [6, 6.07) is 19.3. The van der Waals surface area contributed by atoms with Gasteiger partial charge in [-0.15, -0.1) is 0 Å². The molecule has 31 heavy (non-hydrogen) atoms. The van der Waals surface area contributed by atoms with E-state index in [0.29, 0.717) is 38.6 Å². The van der Waals surface area contributed by atoms with Crippen LogP contribution in [0.4, 0.5) is 10.5 Å². The number of carbonyl (C=O) groups excluding carboxylic acids is 2. The van der Waals surface area contributed by atoms with Gasteiger partial charge in [0.15, 0.2) is 0 Å². The average molecular weight is 491 g/mol. The predicted molar refractivity (Wildman–Crippen MR) is 127 cm³/mol. The van der Waals surface area contributed by atoms with Gasteiger partial charge in [0, 0.05) is 10.6 Å². The van der Waals surface area contributed by atoms with Gasteiger partial charge in [0.2, 0.25) is 0 Å². The van der Waals surface area contributed by atoms with Crippen molar-refractivity contribution in [1.82, 2.24) is 0 Å². The molecule has 156 valence electrons. The first-order valence-electron chi connectivity index (χ1n) is 9.11. The Hall–Kier alpha value is -2.44. The van der Waals surface area contributed by atoms with Gasteiger partial charge in [0.05, 0.1) is 20.6 Å². The molecule has 0 atom stereocenters. The zero-order valence-corrected chi connectivity index (χ0v) is 18.9. The van der Waals surface area contributed by atoms with Crippen LogP contribution in [-0.4, -0.2) is 11.1 Å². The van der Waals surface area contributed by atoms with E-state index < -0.39 is 11.1 Å². The summed E-state index contributed by atoms with van der Waals surface area (Å²) in [7, 11) is 0. The standard InChI is InChI=1S/C23H14Cl3NO3S/c24-16-7-5-14(6-8-16)13-30-20-4-2-1-3-15(20)11-21-22(28)27(23(29)31-21)17-9-10-18(25)19(26)12-17/h1-12H,13H2/b21-11-. The molecule has 0 N–H and O–H groups in total. The monoisotopic (exact) mass is 489 g/mol. The normalized spacial score (nSPS) is 15.1. The van der Waals surface area contributed by atoms with E-state index in [2.05, 4.69) is 0 Å². The van der Waals surface area contributed by atoms with Crippen molar-refractivity contribution in [3.8, 4) is 5.75 Å². The molecule has 1 aliphatic rings. The summed E-state index contributed by atoms with van der Waals surface area (Å²) in [4.78, 5) is 26.8. The van der Waals surface area contributed by atoms with Crippen LogP contribution in [0.5, 0.6) is 5.75 Å². The van der Waals surface area contributed by atoms with Crippen LogP contribution in [-0.2, 0) is 11.4 Å². The number of thioether (sulfide) groups is 1. The molecule has 1 saturated heterocycles. The van der Waals surface area contributed by atoms with E-state index in [1.54, 1.807) is 30.3 Å². The van der Waals surface area contributed by atoms with Crippen molar-refractivity contribution in [2.24, 2.45) is 0 Å². The molecule has 1 fully saturated rings. The fraction of sp³-hybridized carbons (Fsp3) is 0.0435. The van der Waals surface area contributed by atoms with Crippen LogP contribution in [0.2, 0.25) is 15.1 Å². The lowest BCUT2D eigenvalue weighted by Crippen LogP contribution is -2.27. The minimum atomic E-state index is -0.430. The van der Waals surface area contributed by atoms with Gasteiger partial charge in [-0.25, -0.2) is 4.90 Å². The van der Waals surface area contributed by atoms with Gasteiger partial charge in [0.1, 0.15) is 12.4 Å². The lowest BCUT2D eigenvalue weighted by molar-refractivity contribution is -0.113. The van der Waals surface area contributed by atoms with Crippen molar-refractivity contribution < 1.29 is 14.3 Å². The highest BCUT2D eigenvalue weighted by atomic mass is 35.5. The number of para-hydroxylation sites is 1. The van der Waals surface area contributed by atoms with Gasteiger partial charge in [-0.05, 0) is 59.8 Å². The Bertz CT molecular complexity index is 1190. The molecular weight excluding hydrogens is 477 g/mol. The van der Waals surface area contributed by atoms with E-state index >= 15 is 0 Å². The largest absolute Gasteiger partial charge is 0.488 e. The number of rotatable bonds is 5. The minimum Gasteiger partial charge on any atom is -0.488 e. The van der Waals surface area contributed by atoms with Crippen molar-refractivity contribution in [3.63, 3.8) is 0 Å². The average Bonchev–Trinajstić information content (AvgIpc) is 3.03. The first kappa shape index (κ1) is 21.8. The first-order chi connectivity index (χ1) is 14.9. The number of ether oxygens (including phenoxy) is 1. The number of benzene rings is 3. The van der Waals surface area contributed by atoms with E-state index in [1.807, 2.05) is 36.4 Å². The number of hydrogen-bond donors (Lipinski definition) is 0. The summed E-state index contributed by atoms with van der Waals surface area (Å²) in [5, 5.41) is 0.860. The molecule has 0 aromatic heterocycles. The third-order valence-corrected chi connectivity index (χ3v) is 6.33. The quantitative estimate of drug-likeness (QED) is 0.348. The van der Waals surface area contributed by atoms with E-state index in [-0.39, 0.29) is 5.02 Å². The van der Waals surface area contributed by atoms with Gasteiger partial charge >= 0.3 is 0 Å². The van der Waals surface area contributed by atoms with Crippen LogP contribution >= 0.6 is 46.6 Å². The zero-order chi connectivity index (χ0) is 22.0. The van der Waals surface area contributed by atoms with E-state index in [0.717, 1.165) is 22.2 Å². The van der Waals surface area contributed by atoms with Gasteiger partial charge in [-0.2, -0.15) is 0 Å². The molecule has 1 heterocycles.